The second kappa shape index (κ2) is 27.3. The van der Waals surface area contributed by atoms with Crippen molar-refractivity contribution in [3.63, 3.8) is 0 Å². The van der Waals surface area contributed by atoms with Gasteiger partial charge < -0.3 is 16.4 Å². The highest BCUT2D eigenvalue weighted by molar-refractivity contribution is 8.76. The molecule has 0 aromatic rings. The molecule has 0 saturated carbocycles. The number of nitrogens with two attached hydrogens (primary N) is 1. The van der Waals surface area contributed by atoms with Crippen LogP contribution >= 0.6 is 21.6 Å². The Morgan fingerprint density at radius 3 is 1.76 bits per heavy atom. The fourth-order valence-electron chi connectivity index (χ4n) is 3.15. The molecule has 0 aromatic carbocycles. The number of nitrogens with one attached hydrogen (secondary N) is 2. The zero-order chi connectivity index (χ0) is 27.4. The summed E-state index contributed by atoms with van der Waals surface area (Å²) in [6.07, 6.45) is 30.0. The highest BCUT2D eigenvalue weighted by atomic mass is 33.1. The molecule has 1 atom stereocenters. The SMILES string of the molecule is CC/C=C\C/C=C\C/C=C\C/C=C\C/C=C\CCCC(=O)NCCSSCCNC(=O)[C@@H](N)CC(C)C. The van der Waals surface area contributed by atoms with Gasteiger partial charge in [-0.1, -0.05) is 103 Å². The minimum atomic E-state index is -0.422. The van der Waals surface area contributed by atoms with Gasteiger partial charge in [0.2, 0.25) is 11.8 Å². The third-order valence-corrected chi connectivity index (χ3v) is 7.48. The molecule has 7 heteroatoms. The third kappa shape index (κ3) is 27.2. The second-order valence-corrected chi connectivity index (χ2v) is 11.8. The number of carbonyl (C=O) groups is 2. The number of amides is 2. The van der Waals surface area contributed by atoms with Gasteiger partial charge in [0.25, 0.3) is 0 Å². The number of rotatable bonds is 23. The van der Waals surface area contributed by atoms with Crippen molar-refractivity contribution in [1.29, 1.82) is 0 Å². The van der Waals surface area contributed by atoms with Gasteiger partial charge in [-0.25, -0.2) is 0 Å². The van der Waals surface area contributed by atoms with E-state index in [0.29, 0.717) is 31.8 Å². The summed E-state index contributed by atoms with van der Waals surface area (Å²) < 4.78 is 0. The molecule has 0 aromatic heterocycles. The van der Waals surface area contributed by atoms with Gasteiger partial charge in [-0.05, 0) is 57.3 Å². The van der Waals surface area contributed by atoms with Crippen molar-refractivity contribution in [2.45, 2.75) is 84.6 Å². The molecular weight excluding hydrogens is 498 g/mol. The third-order valence-electron chi connectivity index (χ3n) is 5.07. The molecule has 5 nitrogen and oxygen atoms in total. The van der Waals surface area contributed by atoms with Crippen LogP contribution in [0.3, 0.4) is 0 Å². The Balaban J connectivity index is 3.53. The maximum Gasteiger partial charge on any atom is 0.236 e. The first-order valence-corrected chi connectivity index (χ1v) is 16.3. The first-order chi connectivity index (χ1) is 18.0. The molecule has 0 aliphatic rings. The highest BCUT2D eigenvalue weighted by Crippen LogP contribution is 2.19. The molecule has 0 unspecified atom stereocenters. The summed E-state index contributed by atoms with van der Waals surface area (Å²) in [5, 5.41) is 5.85. The van der Waals surface area contributed by atoms with Crippen LogP contribution in [0.25, 0.3) is 0 Å². The van der Waals surface area contributed by atoms with E-state index in [2.05, 4.69) is 92.2 Å². The number of hydrogen-bond acceptors (Lipinski definition) is 5. The Labute approximate surface area is 234 Å². The van der Waals surface area contributed by atoms with Crippen LogP contribution in [0.15, 0.2) is 60.8 Å². The Morgan fingerprint density at radius 2 is 1.24 bits per heavy atom. The fourth-order valence-corrected chi connectivity index (χ4v) is 4.96. The molecule has 0 aliphatic heterocycles. The van der Waals surface area contributed by atoms with Crippen LogP contribution < -0.4 is 16.4 Å². The summed E-state index contributed by atoms with van der Waals surface area (Å²) in [5.41, 5.74) is 5.86. The van der Waals surface area contributed by atoms with Gasteiger partial charge >= 0.3 is 0 Å². The van der Waals surface area contributed by atoms with Gasteiger partial charge in [-0.15, -0.1) is 0 Å². The van der Waals surface area contributed by atoms with E-state index in [-0.39, 0.29) is 11.8 Å². The second-order valence-electron chi connectivity index (χ2n) is 9.12. The van der Waals surface area contributed by atoms with Crippen LogP contribution in [-0.4, -0.2) is 42.5 Å². The minimum absolute atomic E-state index is 0.0730. The van der Waals surface area contributed by atoms with E-state index >= 15 is 0 Å². The molecule has 2 amide bonds. The van der Waals surface area contributed by atoms with Crippen molar-refractivity contribution >= 4 is 33.4 Å². The summed E-state index contributed by atoms with van der Waals surface area (Å²) in [5.74, 6) is 2.14. The van der Waals surface area contributed by atoms with Crippen LogP contribution in [0.2, 0.25) is 0 Å². The van der Waals surface area contributed by atoms with Gasteiger partial charge in [0.05, 0.1) is 6.04 Å². The van der Waals surface area contributed by atoms with Crippen molar-refractivity contribution in [2.75, 3.05) is 24.6 Å². The van der Waals surface area contributed by atoms with Gasteiger partial charge in [0, 0.05) is 31.0 Å². The molecule has 0 bridgehead atoms. The lowest BCUT2D eigenvalue weighted by Gasteiger charge is -2.13. The molecule has 0 saturated heterocycles. The van der Waals surface area contributed by atoms with Crippen molar-refractivity contribution in [1.82, 2.24) is 10.6 Å². The Bertz CT molecular complexity index is 716. The number of unbranched alkanes of at least 4 members (excludes halogenated alkanes) is 1. The van der Waals surface area contributed by atoms with Crippen molar-refractivity contribution in [2.24, 2.45) is 11.7 Å². The van der Waals surface area contributed by atoms with Crippen LogP contribution in [0.4, 0.5) is 0 Å². The van der Waals surface area contributed by atoms with Gasteiger partial charge in [0.15, 0.2) is 0 Å². The van der Waals surface area contributed by atoms with E-state index in [4.69, 9.17) is 5.73 Å². The summed E-state index contributed by atoms with van der Waals surface area (Å²) in [6, 6.07) is -0.422. The standard InChI is InChI=1S/C30H51N3O2S2/c1-4-5-6-7-8-9-10-11-12-13-14-15-16-17-18-19-20-21-29(34)32-22-24-36-37-25-23-33-30(35)28(31)26-27(2)3/h5-6,8-9,11-12,14-15,17-18,27-28H,4,7,10,13,16,19-26,31H2,1-3H3,(H,32,34)(H,33,35)/b6-5-,9-8-,12-11-,15-14-,18-17-/t28-/m0/s1. The van der Waals surface area contributed by atoms with Crippen LogP contribution in [0.5, 0.6) is 0 Å². The normalized spacial score (nSPS) is 13.2. The van der Waals surface area contributed by atoms with Crippen LogP contribution in [0, 0.1) is 5.92 Å². The fraction of sp³-hybridized carbons (Fsp3) is 0.600. The lowest BCUT2D eigenvalue weighted by atomic mass is 10.0. The molecule has 0 rings (SSSR count). The number of allylic oxidation sites excluding steroid dienone is 10. The topological polar surface area (TPSA) is 84.2 Å². The number of hydrogen-bond donors (Lipinski definition) is 3. The average Bonchev–Trinajstić information content (AvgIpc) is 2.86. The maximum atomic E-state index is 11.9. The first kappa shape index (κ1) is 35.3. The van der Waals surface area contributed by atoms with E-state index in [1.807, 2.05) is 0 Å². The molecule has 0 spiro atoms. The predicted molar refractivity (Wildman–Crippen MR) is 167 cm³/mol. The Morgan fingerprint density at radius 1 is 0.757 bits per heavy atom. The molecule has 37 heavy (non-hydrogen) atoms. The highest BCUT2D eigenvalue weighted by Gasteiger charge is 2.13. The Hall–Kier alpha value is -1.70. The molecule has 4 N–H and O–H groups in total. The molecule has 210 valence electrons. The average molecular weight is 550 g/mol. The number of carbonyl (C=O) groups excluding carboxylic acids is 2. The van der Waals surface area contributed by atoms with Gasteiger partial charge in [0.1, 0.15) is 0 Å². The lowest BCUT2D eigenvalue weighted by Crippen LogP contribution is -2.42. The summed E-state index contributed by atoms with van der Waals surface area (Å²) >= 11 is 0. The predicted octanol–water partition coefficient (Wildman–Crippen LogP) is 6.90. The first-order valence-electron chi connectivity index (χ1n) is 13.8. The Kier molecular flexibility index (Phi) is 26.1. The van der Waals surface area contributed by atoms with E-state index in [0.717, 1.165) is 56.5 Å². The van der Waals surface area contributed by atoms with Crippen molar-refractivity contribution < 1.29 is 9.59 Å². The quantitative estimate of drug-likeness (QED) is 0.0734. The minimum Gasteiger partial charge on any atom is -0.355 e. The molecule has 0 radical (unpaired) electrons. The van der Waals surface area contributed by atoms with E-state index in [9.17, 15) is 9.59 Å². The maximum absolute atomic E-state index is 11.9. The van der Waals surface area contributed by atoms with Gasteiger partial charge in [-0.2, -0.15) is 0 Å². The van der Waals surface area contributed by atoms with E-state index < -0.39 is 6.04 Å². The molecule has 0 fully saturated rings. The van der Waals surface area contributed by atoms with Gasteiger partial charge in [-0.3, -0.25) is 9.59 Å². The van der Waals surface area contributed by atoms with Crippen LogP contribution in [0.1, 0.15) is 78.6 Å². The van der Waals surface area contributed by atoms with E-state index in [1.54, 1.807) is 21.6 Å². The van der Waals surface area contributed by atoms with E-state index in [1.165, 1.54) is 0 Å². The lowest BCUT2D eigenvalue weighted by molar-refractivity contribution is -0.122. The van der Waals surface area contributed by atoms with Crippen molar-refractivity contribution in [3.8, 4) is 0 Å². The van der Waals surface area contributed by atoms with Crippen molar-refractivity contribution in [3.05, 3.63) is 60.8 Å². The monoisotopic (exact) mass is 549 g/mol. The molecule has 0 aliphatic carbocycles. The summed E-state index contributed by atoms with van der Waals surface area (Å²) in [7, 11) is 3.41. The molecule has 0 heterocycles. The zero-order valence-electron chi connectivity index (χ0n) is 23.3. The zero-order valence-corrected chi connectivity index (χ0v) is 25.0. The summed E-state index contributed by atoms with van der Waals surface area (Å²) in [6.45, 7) is 7.56. The molecular formula is C30H51N3O2S2. The smallest absolute Gasteiger partial charge is 0.236 e. The van der Waals surface area contributed by atoms with Crippen LogP contribution in [-0.2, 0) is 9.59 Å². The largest absolute Gasteiger partial charge is 0.355 e. The summed E-state index contributed by atoms with van der Waals surface area (Å²) in [4.78, 5) is 23.8.